The van der Waals surface area contributed by atoms with Gasteiger partial charge < -0.3 is 14.2 Å². The molecule has 0 aromatic carbocycles. The molecule has 0 aliphatic rings. The van der Waals surface area contributed by atoms with Gasteiger partial charge in [-0.3, -0.25) is 9.59 Å². The SMILES string of the molecule is CC/C=C\C/C=C\C/C=C\C/C=C\CCCCC(=O)OCC(COCCCCCCCCCCCCCCCCCCCCCC)OC(=O)CC/C=C\C/C=C\C/C=C\C/C=C\CC. The van der Waals surface area contributed by atoms with Crippen molar-refractivity contribution in [2.75, 3.05) is 19.8 Å². The van der Waals surface area contributed by atoms with Crippen LogP contribution in [0.2, 0.25) is 0 Å². The molecule has 0 heterocycles. The second kappa shape index (κ2) is 54.2. The fourth-order valence-electron chi connectivity index (χ4n) is 7.22. The summed E-state index contributed by atoms with van der Waals surface area (Å²) in [6.45, 7) is 7.49. The lowest BCUT2D eigenvalue weighted by molar-refractivity contribution is -0.162. The van der Waals surface area contributed by atoms with Gasteiger partial charge in [0.1, 0.15) is 6.61 Å². The summed E-state index contributed by atoms with van der Waals surface area (Å²) < 4.78 is 17.3. The summed E-state index contributed by atoms with van der Waals surface area (Å²) >= 11 is 0. The zero-order valence-corrected chi connectivity index (χ0v) is 42.0. The number of hydrogen-bond donors (Lipinski definition) is 0. The van der Waals surface area contributed by atoms with Gasteiger partial charge in [0.15, 0.2) is 6.10 Å². The van der Waals surface area contributed by atoms with Gasteiger partial charge in [-0.25, -0.2) is 0 Å². The first-order chi connectivity index (χ1) is 31.6. The third kappa shape index (κ3) is 51.5. The van der Waals surface area contributed by atoms with Crippen molar-refractivity contribution in [3.05, 3.63) is 97.2 Å². The van der Waals surface area contributed by atoms with Gasteiger partial charge in [0, 0.05) is 19.4 Å². The Morgan fingerprint density at radius 2 is 0.734 bits per heavy atom. The predicted molar refractivity (Wildman–Crippen MR) is 279 cm³/mol. The summed E-state index contributed by atoms with van der Waals surface area (Å²) in [7, 11) is 0. The Kier molecular flexibility index (Phi) is 51.5. The van der Waals surface area contributed by atoms with Crippen LogP contribution >= 0.6 is 0 Å². The molecular formula is C59H100O5. The van der Waals surface area contributed by atoms with Gasteiger partial charge in [-0.15, -0.1) is 0 Å². The molecule has 0 bridgehead atoms. The molecule has 1 atom stereocenters. The lowest BCUT2D eigenvalue weighted by atomic mass is 10.0. The number of unbranched alkanes of at least 4 members (excludes halogenated alkanes) is 21. The molecule has 0 aliphatic heterocycles. The minimum Gasteiger partial charge on any atom is -0.462 e. The third-order valence-electron chi connectivity index (χ3n) is 11.1. The molecule has 0 saturated heterocycles. The number of carbonyl (C=O) groups excluding carboxylic acids is 2. The van der Waals surface area contributed by atoms with Crippen LogP contribution in [0, 0.1) is 0 Å². The van der Waals surface area contributed by atoms with E-state index in [0.717, 1.165) is 83.5 Å². The van der Waals surface area contributed by atoms with E-state index in [1.54, 1.807) is 0 Å². The highest BCUT2D eigenvalue weighted by atomic mass is 16.6. The highest BCUT2D eigenvalue weighted by molar-refractivity contribution is 5.70. The largest absolute Gasteiger partial charge is 0.462 e. The lowest BCUT2D eigenvalue weighted by Crippen LogP contribution is -2.30. The van der Waals surface area contributed by atoms with Gasteiger partial charge in [-0.05, 0) is 83.5 Å². The molecule has 5 nitrogen and oxygen atoms in total. The Morgan fingerprint density at radius 1 is 0.359 bits per heavy atom. The van der Waals surface area contributed by atoms with Crippen LogP contribution in [0.5, 0.6) is 0 Å². The van der Waals surface area contributed by atoms with Crippen LogP contribution in [0.4, 0.5) is 0 Å². The van der Waals surface area contributed by atoms with Crippen molar-refractivity contribution in [3.63, 3.8) is 0 Å². The molecule has 64 heavy (non-hydrogen) atoms. The lowest BCUT2D eigenvalue weighted by Gasteiger charge is -2.18. The number of rotatable bonds is 48. The van der Waals surface area contributed by atoms with Crippen molar-refractivity contribution in [3.8, 4) is 0 Å². The van der Waals surface area contributed by atoms with E-state index in [1.807, 2.05) is 6.08 Å². The van der Waals surface area contributed by atoms with Crippen LogP contribution in [0.25, 0.3) is 0 Å². The molecular weight excluding hydrogens is 789 g/mol. The maximum Gasteiger partial charge on any atom is 0.306 e. The van der Waals surface area contributed by atoms with Gasteiger partial charge in [-0.2, -0.15) is 0 Å². The minimum absolute atomic E-state index is 0.0324. The van der Waals surface area contributed by atoms with E-state index in [1.165, 1.54) is 116 Å². The van der Waals surface area contributed by atoms with Crippen molar-refractivity contribution in [2.24, 2.45) is 0 Å². The van der Waals surface area contributed by atoms with Crippen LogP contribution in [-0.2, 0) is 23.8 Å². The first kappa shape index (κ1) is 60.8. The summed E-state index contributed by atoms with van der Waals surface area (Å²) in [4.78, 5) is 25.3. The molecule has 0 radical (unpaired) electrons. The molecule has 0 spiro atoms. The monoisotopic (exact) mass is 889 g/mol. The molecule has 0 fully saturated rings. The van der Waals surface area contributed by atoms with E-state index in [-0.39, 0.29) is 31.6 Å². The summed E-state index contributed by atoms with van der Waals surface area (Å²) in [6.07, 6.45) is 73.1. The van der Waals surface area contributed by atoms with Gasteiger partial charge in [-0.1, -0.05) is 240 Å². The molecule has 0 saturated carbocycles. The molecule has 0 aromatic rings. The zero-order chi connectivity index (χ0) is 46.3. The average molecular weight is 889 g/mol. The number of allylic oxidation sites excluding steroid dienone is 16. The Bertz CT molecular complexity index is 1230. The van der Waals surface area contributed by atoms with Gasteiger partial charge >= 0.3 is 11.9 Å². The van der Waals surface area contributed by atoms with Gasteiger partial charge in [0.05, 0.1) is 6.61 Å². The van der Waals surface area contributed by atoms with Gasteiger partial charge in [0.25, 0.3) is 0 Å². The zero-order valence-electron chi connectivity index (χ0n) is 42.0. The number of ether oxygens (including phenoxy) is 3. The summed E-state index contributed by atoms with van der Waals surface area (Å²) in [6, 6.07) is 0. The molecule has 0 rings (SSSR count). The smallest absolute Gasteiger partial charge is 0.306 e. The van der Waals surface area contributed by atoms with Gasteiger partial charge in [0.2, 0.25) is 0 Å². The minimum atomic E-state index is -0.594. The molecule has 0 aromatic heterocycles. The average Bonchev–Trinajstić information content (AvgIpc) is 3.30. The van der Waals surface area contributed by atoms with E-state index in [2.05, 4.69) is 112 Å². The maximum absolute atomic E-state index is 12.8. The molecule has 1 unspecified atom stereocenters. The van der Waals surface area contributed by atoms with Crippen LogP contribution in [0.3, 0.4) is 0 Å². The second-order valence-electron chi connectivity index (χ2n) is 17.4. The van der Waals surface area contributed by atoms with Crippen molar-refractivity contribution in [2.45, 2.75) is 245 Å². The molecule has 0 N–H and O–H groups in total. The maximum atomic E-state index is 12.8. The first-order valence-electron chi connectivity index (χ1n) is 26.8. The van der Waals surface area contributed by atoms with E-state index < -0.39 is 6.10 Å². The molecule has 0 amide bonds. The van der Waals surface area contributed by atoms with Crippen LogP contribution in [0.15, 0.2) is 97.2 Å². The number of hydrogen-bond acceptors (Lipinski definition) is 5. The summed E-state index contributed by atoms with van der Waals surface area (Å²) in [5.41, 5.74) is 0. The second-order valence-corrected chi connectivity index (χ2v) is 17.4. The third-order valence-corrected chi connectivity index (χ3v) is 11.1. The normalized spacial score (nSPS) is 13.0. The molecule has 5 heteroatoms. The topological polar surface area (TPSA) is 61.8 Å². The van der Waals surface area contributed by atoms with Crippen molar-refractivity contribution >= 4 is 11.9 Å². The number of carbonyl (C=O) groups is 2. The molecule has 0 aliphatic carbocycles. The Labute approximate surface area is 396 Å². The van der Waals surface area contributed by atoms with Crippen LogP contribution in [0.1, 0.15) is 239 Å². The Hall–Kier alpha value is -3.18. The van der Waals surface area contributed by atoms with E-state index >= 15 is 0 Å². The van der Waals surface area contributed by atoms with Crippen molar-refractivity contribution in [1.29, 1.82) is 0 Å². The highest BCUT2D eigenvalue weighted by Gasteiger charge is 2.17. The van der Waals surface area contributed by atoms with Crippen LogP contribution in [-0.4, -0.2) is 37.9 Å². The standard InChI is InChI=1S/C59H100O5/c1-4-7-10-13-16-19-22-25-27-28-29-30-31-33-36-39-42-45-48-51-54-62-55-57(64-59(61)53-50-47-44-41-38-34-24-21-18-15-12-9-6-3)56-63-58(60)52-49-46-43-40-37-35-32-26-23-20-17-14-11-8-5-2/h8-9,11-12,17-18,20-21,26,32,34,37-38,40,44,47,57H,4-7,10,13-16,19,22-25,27-31,33,35-36,39,41-43,45-46,48-56H2,1-3H3/b11-8-,12-9-,20-17-,21-18-,32-26-,38-34-,40-37-,47-44-. The Balaban J connectivity index is 4.34. The quantitative estimate of drug-likeness (QED) is 0.0346. The highest BCUT2D eigenvalue weighted by Crippen LogP contribution is 2.15. The number of esters is 2. The fourth-order valence-corrected chi connectivity index (χ4v) is 7.22. The van der Waals surface area contributed by atoms with E-state index in [4.69, 9.17) is 14.2 Å². The van der Waals surface area contributed by atoms with Crippen LogP contribution < -0.4 is 0 Å². The summed E-state index contributed by atoms with van der Waals surface area (Å²) in [5, 5.41) is 0. The van der Waals surface area contributed by atoms with E-state index in [0.29, 0.717) is 19.4 Å². The first-order valence-corrected chi connectivity index (χ1v) is 26.8. The van der Waals surface area contributed by atoms with Crippen molar-refractivity contribution in [1.82, 2.24) is 0 Å². The predicted octanol–water partition coefficient (Wildman–Crippen LogP) is 18.2. The molecule has 366 valence electrons. The van der Waals surface area contributed by atoms with E-state index in [9.17, 15) is 9.59 Å². The van der Waals surface area contributed by atoms with Crippen molar-refractivity contribution < 1.29 is 23.8 Å². The summed E-state index contributed by atoms with van der Waals surface area (Å²) in [5.74, 6) is -0.538. The fraction of sp³-hybridized carbons (Fsp3) is 0.695. The Morgan fingerprint density at radius 3 is 1.16 bits per heavy atom.